The molecular weight excluding hydrogens is 188 g/mol. The molecule has 3 N–H and O–H groups in total. The van der Waals surface area contributed by atoms with Crippen molar-refractivity contribution in [2.45, 2.75) is 32.2 Å². The molecule has 1 saturated carbocycles. The number of amides is 1. The molecule has 0 bridgehead atoms. The van der Waals surface area contributed by atoms with Gasteiger partial charge in [-0.05, 0) is 43.9 Å². The van der Waals surface area contributed by atoms with Crippen molar-refractivity contribution in [2.24, 2.45) is 0 Å². The first-order valence-corrected chi connectivity index (χ1v) is 5.34. The molecule has 0 aliphatic heterocycles. The lowest BCUT2D eigenvalue weighted by Gasteiger charge is -2.26. The van der Waals surface area contributed by atoms with Crippen LogP contribution in [0.5, 0.6) is 0 Å². The Kier molecular flexibility index (Phi) is 2.62. The first-order chi connectivity index (χ1) is 7.18. The van der Waals surface area contributed by atoms with Gasteiger partial charge in [0.1, 0.15) is 0 Å². The third-order valence-corrected chi connectivity index (χ3v) is 3.06. The average Bonchev–Trinajstić information content (AvgIpc) is 2.15. The van der Waals surface area contributed by atoms with Crippen LogP contribution in [0.2, 0.25) is 0 Å². The summed E-state index contributed by atoms with van der Waals surface area (Å²) >= 11 is 0. The van der Waals surface area contributed by atoms with Crippen molar-refractivity contribution in [1.82, 2.24) is 5.32 Å². The molecule has 0 aromatic heterocycles. The van der Waals surface area contributed by atoms with E-state index in [4.69, 9.17) is 5.73 Å². The summed E-state index contributed by atoms with van der Waals surface area (Å²) in [6, 6.07) is 5.83. The average molecular weight is 204 g/mol. The molecule has 2 rings (SSSR count). The van der Waals surface area contributed by atoms with E-state index >= 15 is 0 Å². The van der Waals surface area contributed by atoms with Crippen LogP contribution in [0.3, 0.4) is 0 Å². The number of nitrogen functional groups attached to an aromatic ring is 1. The van der Waals surface area contributed by atoms with Crippen LogP contribution < -0.4 is 11.1 Å². The predicted octanol–water partition coefficient (Wildman–Crippen LogP) is 1.86. The fraction of sp³-hybridized carbons (Fsp3) is 0.417. The summed E-state index contributed by atoms with van der Waals surface area (Å²) in [6.07, 6.45) is 3.43. The Morgan fingerprint density at radius 3 is 2.80 bits per heavy atom. The summed E-state index contributed by atoms with van der Waals surface area (Å²) in [5, 5.41) is 3.01. The molecule has 3 nitrogen and oxygen atoms in total. The number of nitrogens with two attached hydrogens (primary N) is 1. The second-order valence-electron chi connectivity index (χ2n) is 4.12. The highest BCUT2D eigenvalue weighted by molar-refractivity contribution is 5.97. The van der Waals surface area contributed by atoms with Crippen molar-refractivity contribution >= 4 is 11.6 Å². The molecule has 1 aromatic rings. The highest BCUT2D eigenvalue weighted by Gasteiger charge is 2.20. The van der Waals surface area contributed by atoms with E-state index in [0.29, 0.717) is 17.3 Å². The molecule has 3 heteroatoms. The van der Waals surface area contributed by atoms with E-state index in [-0.39, 0.29) is 5.91 Å². The van der Waals surface area contributed by atoms with Crippen LogP contribution in [0.15, 0.2) is 18.2 Å². The van der Waals surface area contributed by atoms with Crippen LogP contribution >= 0.6 is 0 Å². The van der Waals surface area contributed by atoms with Gasteiger partial charge in [-0.15, -0.1) is 0 Å². The largest absolute Gasteiger partial charge is 0.398 e. The summed E-state index contributed by atoms with van der Waals surface area (Å²) < 4.78 is 0. The second-order valence-corrected chi connectivity index (χ2v) is 4.12. The molecule has 80 valence electrons. The summed E-state index contributed by atoms with van der Waals surface area (Å²) in [5.41, 5.74) is 8.00. The zero-order valence-corrected chi connectivity index (χ0v) is 8.92. The molecule has 0 radical (unpaired) electrons. The van der Waals surface area contributed by atoms with E-state index in [1.54, 1.807) is 0 Å². The van der Waals surface area contributed by atoms with E-state index in [9.17, 15) is 4.79 Å². The zero-order chi connectivity index (χ0) is 10.8. The maximum Gasteiger partial charge on any atom is 0.251 e. The molecule has 1 fully saturated rings. The monoisotopic (exact) mass is 204 g/mol. The van der Waals surface area contributed by atoms with E-state index < -0.39 is 0 Å². The van der Waals surface area contributed by atoms with Crippen molar-refractivity contribution in [3.8, 4) is 0 Å². The van der Waals surface area contributed by atoms with Gasteiger partial charge in [0.05, 0.1) is 0 Å². The zero-order valence-electron chi connectivity index (χ0n) is 8.92. The summed E-state index contributed by atoms with van der Waals surface area (Å²) in [6.45, 7) is 1.88. The van der Waals surface area contributed by atoms with Gasteiger partial charge in [0.2, 0.25) is 0 Å². The van der Waals surface area contributed by atoms with E-state index in [1.165, 1.54) is 6.42 Å². The lowest BCUT2D eigenvalue weighted by Crippen LogP contribution is -2.39. The van der Waals surface area contributed by atoms with Crippen LogP contribution in [-0.2, 0) is 0 Å². The molecule has 0 heterocycles. The molecule has 1 aromatic carbocycles. The molecular formula is C12H16N2O. The van der Waals surface area contributed by atoms with E-state index in [2.05, 4.69) is 5.32 Å². The number of hydrogen-bond donors (Lipinski definition) is 2. The second kappa shape index (κ2) is 3.93. The third-order valence-electron chi connectivity index (χ3n) is 3.06. The molecule has 0 saturated heterocycles. The molecule has 0 atom stereocenters. The number of nitrogens with one attached hydrogen (secondary N) is 1. The highest BCUT2D eigenvalue weighted by atomic mass is 16.1. The summed E-state index contributed by atoms with van der Waals surface area (Å²) in [7, 11) is 0. The normalized spacial score (nSPS) is 15.8. The third kappa shape index (κ3) is 1.96. The number of carbonyl (C=O) groups excluding carboxylic acids is 1. The minimum Gasteiger partial charge on any atom is -0.398 e. The van der Waals surface area contributed by atoms with E-state index in [0.717, 1.165) is 18.4 Å². The summed E-state index contributed by atoms with van der Waals surface area (Å²) in [4.78, 5) is 11.9. The van der Waals surface area contributed by atoms with Gasteiger partial charge in [-0.2, -0.15) is 0 Å². The van der Waals surface area contributed by atoms with Gasteiger partial charge in [0, 0.05) is 17.3 Å². The smallest absolute Gasteiger partial charge is 0.251 e. The quantitative estimate of drug-likeness (QED) is 0.722. The van der Waals surface area contributed by atoms with Crippen LogP contribution in [0, 0.1) is 6.92 Å². The first kappa shape index (κ1) is 10.0. The predicted molar refractivity (Wildman–Crippen MR) is 60.7 cm³/mol. The van der Waals surface area contributed by atoms with Gasteiger partial charge in [0.25, 0.3) is 5.91 Å². The number of hydrogen-bond acceptors (Lipinski definition) is 2. The SMILES string of the molecule is Cc1c(N)cccc1C(=O)NC1CCC1. The maximum absolute atomic E-state index is 11.9. The van der Waals surface area contributed by atoms with Crippen molar-refractivity contribution in [1.29, 1.82) is 0 Å². The van der Waals surface area contributed by atoms with Crippen molar-refractivity contribution in [3.05, 3.63) is 29.3 Å². The number of benzene rings is 1. The van der Waals surface area contributed by atoms with Gasteiger partial charge in [-0.25, -0.2) is 0 Å². The fourth-order valence-corrected chi connectivity index (χ4v) is 1.72. The van der Waals surface area contributed by atoms with Crippen LogP contribution in [0.4, 0.5) is 5.69 Å². The highest BCUT2D eigenvalue weighted by Crippen LogP contribution is 2.20. The fourth-order valence-electron chi connectivity index (χ4n) is 1.72. The van der Waals surface area contributed by atoms with E-state index in [1.807, 2.05) is 25.1 Å². The van der Waals surface area contributed by atoms with Crippen molar-refractivity contribution in [3.63, 3.8) is 0 Å². The number of anilines is 1. The number of rotatable bonds is 2. The van der Waals surface area contributed by atoms with Gasteiger partial charge in [0.15, 0.2) is 0 Å². The molecule has 1 aliphatic carbocycles. The Labute approximate surface area is 89.7 Å². The Bertz CT molecular complexity index is 383. The first-order valence-electron chi connectivity index (χ1n) is 5.34. The summed E-state index contributed by atoms with van der Waals surface area (Å²) in [5.74, 6) is 0.00417. The molecule has 1 aliphatic rings. The van der Waals surface area contributed by atoms with Crippen LogP contribution in [0.25, 0.3) is 0 Å². The topological polar surface area (TPSA) is 55.1 Å². The van der Waals surface area contributed by atoms with Gasteiger partial charge in [-0.3, -0.25) is 4.79 Å². The molecule has 15 heavy (non-hydrogen) atoms. The Morgan fingerprint density at radius 1 is 1.47 bits per heavy atom. The van der Waals surface area contributed by atoms with Gasteiger partial charge in [-0.1, -0.05) is 6.07 Å². The maximum atomic E-state index is 11.9. The van der Waals surface area contributed by atoms with Crippen molar-refractivity contribution < 1.29 is 4.79 Å². The molecule has 1 amide bonds. The standard InChI is InChI=1S/C12H16N2O/c1-8-10(6-3-7-11(8)13)12(15)14-9-4-2-5-9/h3,6-7,9H,2,4-5,13H2,1H3,(H,14,15). The lowest BCUT2D eigenvalue weighted by atomic mass is 9.92. The minimum absolute atomic E-state index is 0.00417. The minimum atomic E-state index is 0.00417. The van der Waals surface area contributed by atoms with Crippen LogP contribution in [0.1, 0.15) is 35.2 Å². The van der Waals surface area contributed by atoms with Crippen molar-refractivity contribution in [2.75, 3.05) is 5.73 Å². The number of carbonyl (C=O) groups is 1. The lowest BCUT2D eigenvalue weighted by molar-refractivity contribution is 0.0916. The Hall–Kier alpha value is -1.51. The molecule has 0 unspecified atom stereocenters. The van der Waals surface area contributed by atoms with Gasteiger partial charge < -0.3 is 11.1 Å². The van der Waals surface area contributed by atoms with Crippen LogP contribution in [-0.4, -0.2) is 11.9 Å². The Balaban J connectivity index is 2.13. The van der Waals surface area contributed by atoms with Gasteiger partial charge >= 0.3 is 0 Å². The molecule has 0 spiro atoms. The Morgan fingerprint density at radius 2 is 2.20 bits per heavy atom.